The molecule has 1 aromatic rings. The van der Waals surface area contributed by atoms with Crippen LogP contribution in [0.4, 0.5) is 5.69 Å². The molecule has 0 radical (unpaired) electrons. The van der Waals surface area contributed by atoms with Crippen molar-refractivity contribution in [3.8, 4) is 0 Å². The molecule has 2 unspecified atom stereocenters. The van der Waals surface area contributed by atoms with Gasteiger partial charge in [-0.15, -0.1) is 0 Å². The molecule has 0 bridgehead atoms. The van der Waals surface area contributed by atoms with E-state index in [1.807, 2.05) is 45.0 Å². The van der Waals surface area contributed by atoms with Gasteiger partial charge in [0.2, 0.25) is 0 Å². The fourth-order valence-electron chi connectivity index (χ4n) is 1.19. The van der Waals surface area contributed by atoms with Crippen LogP contribution in [0.15, 0.2) is 29.4 Å². The minimum atomic E-state index is -0.213. The fraction of sp³-hybridized carbons (Fsp3) is 0.455. The van der Waals surface area contributed by atoms with Gasteiger partial charge in [-0.1, -0.05) is 23.4 Å². The van der Waals surface area contributed by atoms with E-state index >= 15 is 0 Å². The van der Waals surface area contributed by atoms with Crippen LogP contribution >= 0.6 is 0 Å². The predicted molar refractivity (Wildman–Crippen MR) is 59.5 cm³/mol. The summed E-state index contributed by atoms with van der Waals surface area (Å²) in [5.74, 6) is 0. The van der Waals surface area contributed by atoms with Crippen molar-refractivity contribution in [3.05, 3.63) is 34.7 Å². The fourth-order valence-corrected chi connectivity index (χ4v) is 1.19. The average Bonchev–Trinajstić information content (AvgIpc) is 2.20. The van der Waals surface area contributed by atoms with Crippen LogP contribution in [0, 0.1) is 11.8 Å². The molecule has 76 valence electrons. The van der Waals surface area contributed by atoms with E-state index in [4.69, 9.17) is 0 Å². The Bertz CT molecular complexity index is 312. The van der Waals surface area contributed by atoms with Crippen molar-refractivity contribution >= 4 is 5.69 Å². The van der Waals surface area contributed by atoms with E-state index in [-0.39, 0.29) is 12.1 Å². The van der Waals surface area contributed by atoms with E-state index < -0.39 is 0 Å². The first-order valence-corrected chi connectivity index (χ1v) is 4.79. The summed E-state index contributed by atoms with van der Waals surface area (Å²) in [6, 6.07) is 7.86. The summed E-state index contributed by atoms with van der Waals surface area (Å²) in [4.78, 5) is 10.3. The van der Waals surface area contributed by atoms with E-state index in [0.717, 1.165) is 5.69 Å². The lowest BCUT2D eigenvalue weighted by Crippen LogP contribution is -2.26. The molecule has 0 aliphatic heterocycles. The van der Waals surface area contributed by atoms with Gasteiger partial charge in [0.05, 0.1) is 0 Å². The first-order valence-electron chi connectivity index (χ1n) is 4.79. The molecule has 0 heterocycles. The maximum absolute atomic E-state index is 10.3. The number of hydrogen-bond donors (Lipinski definition) is 1. The topological polar surface area (TPSA) is 41.5 Å². The molecule has 1 rings (SSSR count). The second-order valence-electron chi connectivity index (χ2n) is 3.59. The third-order valence-corrected chi connectivity index (χ3v) is 2.42. The summed E-state index contributed by atoms with van der Waals surface area (Å²) in [5.41, 5.74) is 2.24. The number of anilines is 1. The number of para-hydroxylation sites is 1. The highest BCUT2D eigenvalue weighted by molar-refractivity contribution is 5.51. The van der Waals surface area contributed by atoms with Gasteiger partial charge in [-0.25, -0.2) is 0 Å². The Kier molecular flexibility index (Phi) is 3.63. The predicted octanol–water partition coefficient (Wildman–Crippen LogP) is 2.95. The van der Waals surface area contributed by atoms with Crippen molar-refractivity contribution in [1.29, 1.82) is 0 Å². The molecule has 0 aromatic heterocycles. The van der Waals surface area contributed by atoms with Crippen LogP contribution in [0.25, 0.3) is 0 Å². The number of nitrogens with one attached hydrogen (secondary N) is 1. The average molecular weight is 192 g/mol. The van der Waals surface area contributed by atoms with E-state index in [2.05, 4.69) is 10.5 Å². The second kappa shape index (κ2) is 4.74. The SMILES string of the molecule is Cc1ccccc1NC(C)C(C)N=O. The number of aryl methyl sites for hydroxylation is 1. The van der Waals surface area contributed by atoms with Crippen molar-refractivity contribution in [2.24, 2.45) is 5.18 Å². The number of nitrogens with zero attached hydrogens (tertiary/aromatic N) is 1. The standard InChI is InChI=1S/C11H16N2O/c1-8-6-4-5-7-11(8)12-9(2)10(3)13-14/h4-7,9-10,12H,1-3H3. The summed E-state index contributed by atoms with van der Waals surface area (Å²) in [6.07, 6.45) is 0. The Morgan fingerprint density at radius 2 is 1.93 bits per heavy atom. The van der Waals surface area contributed by atoms with E-state index in [1.54, 1.807) is 0 Å². The second-order valence-corrected chi connectivity index (χ2v) is 3.59. The largest absolute Gasteiger partial charge is 0.380 e. The van der Waals surface area contributed by atoms with Crippen LogP contribution in [0.5, 0.6) is 0 Å². The molecule has 0 saturated carbocycles. The Labute approximate surface area is 84.5 Å². The highest BCUT2D eigenvalue weighted by Gasteiger charge is 2.12. The van der Waals surface area contributed by atoms with Gasteiger partial charge in [-0.05, 0) is 32.4 Å². The van der Waals surface area contributed by atoms with Gasteiger partial charge in [-0.3, -0.25) is 0 Å². The van der Waals surface area contributed by atoms with Gasteiger partial charge in [0, 0.05) is 11.7 Å². The zero-order valence-corrected chi connectivity index (χ0v) is 8.82. The Hall–Kier alpha value is -1.38. The molecular weight excluding hydrogens is 176 g/mol. The van der Waals surface area contributed by atoms with Crippen molar-refractivity contribution in [2.75, 3.05) is 5.32 Å². The van der Waals surface area contributed by atoms with Crippen LogP contribution in [0.2, 0.25) is 0 Å². The maximum atomic E-state index is 10.3. The van der Waals surface area contributed by atoms with Crippen LogP contribution in [-0.4, -0.2) is 12.1 Å². The summed E-state index contributed by atoms with van der Waals surface area (Å²) in [5, 5.41) is 6.27. The monoisotopic (exact) mass is 192 g/mol. The van der Waals surface area contributed by atoms with Crippen LogP contribution in [0.1, 0.15) is 19.4 Å². The number of rotatable bonds is 4. The lowest BCUT2D eigenvalue weighted by molar-refractivity contribution is 0.636. The van der Waals surface area contributed by atoms with Crippen molar-refractivity contribution in [3.63, 3.8) is 0 Å². The third kappa shape index (κ3) is 2.55. The first kappa shape index (κ1) is 10.7. The van der Waals surface area contributed by atoms with Crippen molar-refractivity contribution in [1.82, 2.24) is 0 Å². The number of hydrogen-bond acceptors (Lipinski definition) is 3. The molecule has 3 nitrogen and oxygen atoms in total. The van der Waals surface area contributed by atoms with Crippen LogP contribution in [-0.2, 0) is 0 Å². The highest BCUT2D eigenvalue weighted by atomic mass is 16.3. The summed E-state index contributed by atoms with van der Waals surface area (Å²) < 4.78 is 0. The zero-order chi connectivity index (χ0) is 10.6. The van der Waals surface area contributed by atoms with Crippen molar-refractivity contribution in [2.45, 2.75) is 32.9 Å². The van der Waals surface area contributed by atoms with E-state index in [1.165, 1.54) is 5.56 Å². The Morgan fingerprint density at radius 1 is 1.29 bits per heavy atom. The van der Waals surface area contributed by atoms with Gasteiger partial charge >= 0.3 is 0 Å². The van der Waals surface area contributed by atoms with Crippen LogP contribution in [0.3, 0.4) is 0 Å². The first-order chi connectivity index (χ1) is 6.65. The molecule has 1 N–H and O–H groups in total. The normalized spacial score (nSPS) is 14.5. The molecular formula is C11H16N2O. The van der Waals surface area contributed by atoms with Gasteiger partial charge in [0.1, 0.15) is 6.04 Å². The third-order valence-electron chi connectivity index (χ3n) is 2.42. The molecule has 2 atom stereocenters. The summed E-state index contributed by atoms with van der Waals surface area (Å²) in [7, 11) is 0. The van der Waals surface area contributed by atoms with Gasteiger partial charge in [0.25, 0.3) is 0 Å². The Morgan fingerprint density at radius 3 is 2.50 bits per heavy atom. The molecule has 3 heteroatoms. The summed E-state index contributed by atoms with van der Waals surface area (Å²) >= 11 is 0. The minimum absolute atomic E-state index is 0.0635. The van der Waals surface area contributed by atoms with Crippen molar-refractivity contribution < 1.29 is 0 Å². The van der Waals surface area contributed by atoms with E-state index in [0.29, 0.717) is 0 Å². The smallest absolute Gasteiger partial charge is 0.109 e. The van der Waals surface area contributed by atoms with Gasteiger partial charge < -0.3 is 5.32 Å². The quantitative estimate of drug-likeness (QED) is 0.745. The molecule has 0 amide bonds. The molecule has 0 aliphatic carbocycles. The van der Waals surface area contributed by atoms with Gasteiger partial charge in [-0.2, -0.15) is 4.91 Å². The highest BCUT2D eigenvalue weighted by Crippen LogP contribution is 2.15. The zero-order valence-electron chi connectivity index (χ0n) is 8.82. The van der Waals surface area contributed by atoms with Crippen LogP contribution < -0.4 is 5.32 Å². The van der Waals surface area contributed by atoms with E-state index in [9.17, 15) is 4.91 Å². The number of nitroso groups, excluding NO2 is 1. The maximum Gasteiger partial charge on any atom is 0.109 e. The molecule has 0 saturated heterocycles. The summed E-state index contributed by atoms with van der Waals surface area (Å²) in [6.45, 7) is 5.80. The molecule has 0 spiro atoms. The van der Waals surface area contributed by atoms with Gasteiger partial charge in [0.15, 0.2) is 0 Å². The lowest BCUT2D eigenvalue weighted by atomic mass is 10.1. The molecule has 14 heavy (non-hydrogen) atoms. The Balaban J connectivity index is 2.69. The molecule has 0 aliphatic rings. The lowest BCUT2D eigenvalue weighted by Gasteiger charge is -2.18. The molecule has 1 aromatic carbocycles. The number of benzene rings is 1. The minimum Gasteiger partial charge on any atom is -0.380 e. The molecule has 0 fully saturated rings.